The first-order chi connectivity index (χ1) is 12.1. The molecule has 0 saturated heterocycles. The molecule has 4 heteroatoms. The summed E-state index contributed by atoms with van der Waals surface area (Å²) in [5.74, 6) is 0.786. The highest BCUT2D eigenvalue weighted by atomic mass is 32.2. The molecule has 3 aromatic rings. The Morgan fingerprint density at radius 1 is 0.920 bits per heavy atom. The van der Waals surface area contributed by atoms with Gasteiger partial charge < -0.3 is 15.4 Å². The number of ether oxygens (including phenoxy) is 1. The summed E-state index contributed by atoms with van der Waals surface area (Å²) in [5.41, 5.74) is 9.26. The largest absolute Gasteiger partial charge is 0.489 e. The molecule has 0 bridgehead atoms. The van der Waals surface area contributed by atoms with Gasteiger partial charge in [0.2, 0.25) is 0 Å². The molecule has 0 aliphatic heterocycles. The highest BCUT2D eigenvalue weighted by Crippen LogP contribution is 2.34. The van der Waals surface area contributed by atoms with Crippen molar-refractivity contribution in [3.05, 3.63) is 78.4 Å². The Balaban J connectivity index is 1.65. The maximum Gasteiger partial charge on any atom is 0.121 e. The molecular weight excluding hydrogens is 328 g/mol. The molecule has 128 valence electrons. The van der Waals surface area contributed by atoms with Gasteiger partial charge in [0.15, 0.2) is 0 Å². The Morgan fingerprint density at radius 2 is 1.64 bits per heavy atom. The second-order valence-corrected chi connectivity index (χ2v) is 7.08. The van der Waals surface area contributed by atoms with Crippen LogP contribution in [0.15, 0.2) is 82.6 Å². The van der Waals surface area contributed by atoms with Gasteiger partial charge in [0, 0.05) is 41.3 Å². The Morgan fingerprint density at radius 3 is 2.28 bits per heavy atom. The van der Waals surface area contributed by atoms with Gasteiger partial charge in [-0.1, -0.05) is 42.1 Å². The third kappa shape index (κ3) is 4.70. The fraction of sp³-hybridized carbons (Fsp3) is 0.143. The van der Waals surface area contributed by atoms with Gasteiger partial charge in [-0.2, -0.15) is 0 Å². The molecule has 0 aliphatic carbocycles. The average Bonchev–Trinajstić information content (AvgIpc) is 2.63. The predicted octanol–water partition coefficient (Wildman–Crippen LogP) is 5.07. The summed E-state index contributed by atoms with van der Waals surface area (Å²) >= 11 is 1.66. The highest BCUT2D eigenvalue weighted by molar-refractivity contribution is 7.99. The van der Waals surface area contributed by atoms with E-state index in [1.54, 1.807) is 11.8 Å². The molecule has 0 spiro atoms. The predicted molar refractivity (Wildman–Crippen MR) is 107 cm³/mol. The second-order valence-electron chi connectivity index (χ2n) is 5.96. The van der Waals surface area contributed by atoms with Gasteiger partial charge in [-0.05, 0) is 42.0 Å². The summed E-state index contributed by atoms with van der Waals surface area (Å²) in [7, 11) is 4.07. The molecule has 0 atom stereocenters. The Bertz CT molecular complexity index is 817. The smallest absolute Gasteiger partial charge is 0.121 e. The maximum absolute atomic E-state index is 6.21. The fourth-order valence-corrected chi connectivity index (χ4v) is 3.23. The van der Waals surface area contributed by atoms with Crippen molar-refractivity contribution in [3.63, 3.8) is 0 Å². The zero-order valence-corrected chi connectivity index (χ0v) is 15.3. The molecule has 0 fully saturated rings. The van der Waals surface area contributed by atoms with Crippen LogP contribution in [0.25, 0.3) is 0 Å². The third-order valence-electron chi connectivity index (χ3n) is 3.81. The van der Waals surface area contributed by atoms with Gasteiger partial charge in [0.05, 0.1) is 0 Å². The molecule has 0 amide bonds. The molecule has 0 aliphatic rings. The molecule has 0 unspecified atom stereocenters. The van der Waals surface area contributed by atoms with Crippen LogP contribution in [0, 0.1) is 0 Å². The first kappa shape index (κ1) is 17.2. The van der Waals surface area contributed by atoms with Crippen LogP contribution in [0.2, 0.25) is 0 Å². The standard InChI is InChI=1S/C21H22N2OS/c1-23(2)17-8-11-19(12-9-17)25-21-13-10-18(14-20(21)22)24-15-16-6-4-3-5-7-16/h3-14H,15,22H2,1-2H3. The minimum absolute atomic E-state index is 0.540. The van der Waals surface area contributed by atoms with Gasteiger partial charge in [0.1, 0.15) is 12.4 Å². The average molecular weight is 350 g/mol. The van der Waals surface area contributed by atoms with Crippen molar-refractivity contribution < 1.29 is 4.74 Å². The fourth-order valence-electron chi connectivity index (χ4n) is 2.39. The lowest BCUT2D eigenvalue weighted by Gasteiger charge is -2.13. The van der Waals surface area contributed by atoms with Gasteiger partial charge in [0.25, 0.3) is 0 Å². The number of anilines is 2. The van der Waals surface area contributed by atoms with Crippen molar-refractivity contribution in [2.75, 3.05) is 24.7 Å². The van der Waals surface area contributed by atoms with E-state index in [4.69, 9.17) is 10.5 Å². The van der Waals surface area contributed by atoms with E-state index in [-0.39, 0.29) is 0 Å². The van der Waals surface area contributed by atoms with Crippen LogP contribution in [-0.2, 0) is 6.61 Å². The second kappa shape index (κ2) is 7.99. The topological polar surface area (TPSA) is 38.5 Å². The van der Waals surface area contributed by atoms with Crippen LogP contribution in [0.3, 0.4) is 0 Å². The van der Waals surface area contributed by atoms with Crippen molar-refractivity contribution in [2.24, 2.45) is 0 Å². The number of nitrogens with zero attached hydrogens (tertiary/aromatic N) is 1. The lowest BCUT2D eigenvalue weighted by molar-refractivity contribution is 0.306. The summed E-state index contributed by atoms with van der Waals surface area (Å²) in [6.45, 7) is 0.540. The van der Waals surface area contributed by atoms with Crippen LogP contribution in [0.1, 0.15) is 5.56 Å². The van der Waals surface area contributed by atoms with Crippen molar-refractivity contribution in [1.82, 2.24) is 0 Å². The number of benzene rings is 3. The molecule has 25 heavy (non-hydrogen) atoms. The summed E-state index contributed by atoms with van der Waals surface area (Å²) in [5, 5.41) is 0. The molecule has 0 heterocycles. The van der Waals surface area contributed by atoms with Crippen LogP contribution in [-0.4, -0.2) is 14.1 Å². The Hall–Kier alpha value is -2.59. The minimum Gasteiger partial charge on any atom is -0.489 e. The van der Waals surface area contributed by atoms with E-state index in [2.05, 4.69) is 29.2 Å². The minimum atomic E-state index is 0.540. The molecule has 0 aromatic heterocycles. The molecule has 3 rings (SSSR count). The number of hydrogen-bond acceptors (Lipinski definition) is 4. The third-order valence-corrected chi connectivity index (χ3v) is 4.91. The molecule has 0 radical (unpaired) electrons. The quantitative estimate of drug-likeness (QED) is 0.630. The molecule has 2 N–H and O–H groups in total. The first-order valence-electron chi connectivity index (χ1n) is 8.13. The zero-order chi connectivity index (χ0) is 17.6. The van der Waals surface area contributed by atoms with Gasteiger partial charge in [-0.25, -0.2) is 0 Å². The Labute approximate surface area is 153 Å². The summed E-state index contributed by atoms with van der Waals surface area (Å²) < 4.78 is 5.83. The summed E-state index contributed by atoms with van der Waals surface area (Å²) in [4.78, 5) is 4.28. The number of nitrogen functional groups attached to an aromatic ring is 1. The SMILES string of the molecule is CN(C)c1ccc(Sc2ccc(OCc3ccccc3)cc2N)cc1. The normalized spacial score (nSPS) is 10.5. The van der Waals surface area contributed by atoms with E-state index in [1.807, 2.05) is 62.6 Å². The zero-order valence-electron chi connectivity index (χ0n) is 14.5. The van der Waals surface area contributed by atoms with Gasteiger partial charge in [-0.15, -0.1) is 0 Å². The Kier molecular flexibility index (Phi) is 5.51. The first-order valence-corrected chi connectivity index (χ1v) is 8.95. The molecule has 0 saturated carbocycles. The summed E-state index contributed by atoms with van der Waals surface area (Å²) in [6.07, 6.45) is 0. The van der Waals surface area contributed by atoms with Crippen molar-refractivity contribution in [2.45, 2.75) is 16.4 Å². The molecular formula is C21H22N2OS. The molecule has 3 nitrogen and oxygen atoms in total. The van der Waals surface area contributed by atoms with Crippen molar-refractivity contribution >= 4 is 23.1 Å². The van der Waals surface area contributed by atoms with E-state index in [0.717, 1.165) is 26.8 Å². The molecule has 3 aromatic carbocycles. The maximum atomic E-state index is 6.21. The monoisotopic (exact) mass is 350 g/mol. The van der Waals surface area contributed by atoms with Crippen LogP contribution < -0.4 is 15.4 Å². The van der Waals surface area contributed by atoms with Gasteiger partial charge in [-0.3, -0.25) is 0 Å². The van der Waals surface area contributed by atoms with E-state index >= 15 is 0 Å². The number of rotatable bonds is 6. The number of nitrogens with two attached hydrogens (primary N) is 1. The van der Waals surface area contributed by atoms with E-state index in [1.165, 1.54) is 5.69 Å². The van der Waals surface area contributed by atoms with Crippen LogP contribution in [0.5, 0.6) is 5.75 Å². The van der Waals surface area contributed by atoms with Crippen LogP contribution in [0.4, 0.5) is 11.4 Å². The van der Waals surface area contributed by atoms with E-state index in [0.29, 0.717) is 6.61 Å². The van der Waals surface area contributed by atoms with E-state index in [9.17, 15) is 0 Å². The number of hydrogen-bond donors (Lipinski definition) is 1. The highest BCUT2D eigenvalue weighted by Gasteiger charge is 2.05. The van der Waals surface area contributed by atoms with Gasteiger partial charge >= 0.3 is 0 Å². The van der Waals surface area contributed by atoms with E-state index < -0.39 is 0 Å². The van der Waals surface area contributed by atoms with Crippen molar-refractivity contribution in [3.8, 4) is 5.75 Å². The van der Waals surface area contributed by atoms with Crippen LogP contribution >= 0.6 is 11.8 Å². The lowest BCUT2D eigenvalue weighted by atomic mass is 10.2. The lowest BCUT2D eigenvalue weighted by Crippen LogP contribution is -2.07. The summed E-state index contributed by atoms with van der Waals surface area (Å²) in [6, 6.07) is 24.4. The van der Waals surface area contributed by atoms with Crippen molar-refractivity contribution in [1.29, 1.82) is 0 Å².